The van der Waals surface area contributed by atoms with E-state index < -0.39 is 0 Å². The molecule has 2 nitrogen and oxygen atoms in total. The van der Waals surface area contributed by atoms with Crippen LogP contribution in [0.1, 0.15) is 17.0 Å². The first-order valence-corrected chi connectivity index (χ1v) is 3.75. The summed E-state index contributed by atoms with van der Waals surface area (Å²) in [5.41, 5.74) is 8.25. The fourth-order valence-electron chi connectivity index (χ4n) is 0.977. The summed E-state index contributed by atoms with van der Waals surface area (Å²) in [7, 11) is 0. The van der Waals surface area contributed by atoms with Crippen molar-refractivity contribution in [2.24, 2.45) is 5.73 Å². The lowest BCUT2D eigenvalue weighted by molar-refractivity contribution is 1.12. The van der Waals surface area contributed by atoms with E-state index in [0.29, 0.717) is 4.99 Å². The van der Waals surface area contributed by atoms with Gasteiger partial charge in [0.1, 0.15) is 4.99 Å². The predicted octanol–water partition coefficient (Wildman–Crippen LogP) is 1.33. The van der Waals surface area contributed by atoms with E-state index >= 15 is 0 Å². The van der Waals surface area contributed by atoms with E-state index in [9.17, 15) is 0 Å². The Morgan fingerprint density at radius 1 is 1.36 bits per heavy atom. The van der Waals surface area contributed by atoms with Gasteiger partial charge in [-0.05, 0) is 26.0 Å². The highest BCUT2D eigenvalue weighted by Gasteiger charge is 1.97. The molecule has 58 valence electrons. The molecule has 0 amide bonds. The summed E-state index contributed by atoms with van der Waals surface area (Å²) < 4.78 is 0. The molecule has 0 aromatic carbocycles. The van der Waals surface area contributed by atoms with Crippen LogP contribution in [0, 0.1) is 13.8 Å². The van der Waals surface area contributed by atoms with E-state index in [0.717, 1.165) is 17.0 Å². The van der Waals surface area contributed by atoms with Gasteiger partial charge in [0.2, 0.25) is 0 Å². The molecule has 3 heteroatoms. The van der Waals surface area contributed by atoms with Gasteiger partial charge in [-0.25, -0.2) is 0 Å². The Morgan fingerprint density at radius 3 is 2.18 bits per heavy atom. The average molecular weight is 166 g/mol. The Kier molecular flexibility index (Phi) is 2.19. The highest BCUT2D eigenvalue weighted by atomic mass is 32.1. The molecule has 0 atom stereocenters. The number of nitrogens with zero attached hydrogens (tertiary/aromatic N) is 1. The van der Waals surface area contributed by atoms with Crippen molar-refractivity contribution in [1.82, 2.24) is 4.98 Å². The van der Waals surface area contributed by atoms with Gasteiger partial charge >= 0.3 is 0 Å². The molecule has 1 rings (SSSR count). The van der Waals surface area contributed by atoms with Crippen molar-refractivity contribution in [3.05, 3.63) is 29.1 Å². The number of aryl methyl sites for hydroxylation is 2. The SMILES string of the molecule is Cc1cc(C(N)=S)cc(C)n1. The summed E-state index contributed by atoms with van der Waals surface area (Å²) in [5.74, 6) is 0. The van der Waals surface area contributed by atoms with Crippen molar-refractivity contribution in [3.8, 4) is 0 Å². The van der Waals surface area contributed by atoms with Gasteiger partial charge in [-0.3, -0.25) is 4.98 Å². The first-order chi connectivity index (χ1) is 5.09. The van der Waals surface area contributed by atoms with Crippen LogP contribution in [0.2, 0.25) is 0 Å². The number of pyridine rings is 1. The first kappa shape index (κ1) is 8.14. The molecule has 0 bridgehead atoms. The lowest BCUT2D eigenvalue weighted by atomic mass is 10.2. The van der Waals surface area contributed by atoms with Crippen molar-refractivity contribution in [3.63, 3.8) is 0 Å². The minimum absolute atomic E-state index is 0.429. The van der Waals surface area contributed by atoms with Crippen LogP contribution in [0.3, 0.4) is 0 Å². The third-order valence-electron chi connectivity index (χ3n) is 1.37. The van der Waals surface area contributed by atoms with Crippen LogP contribution < -0.4 is 5.73 Å². The molecule has 0 aliphatic carbocycles. The topological polar surface area (TPSA) is 38.9 Å². The van der Waals surface area contributed by atoms with Crippen LogP contribution in [0.4, 0.5) is 0 Å². The predicted molar refractivity (Wildman–Crippen MR) is 49.6 cm³/mol. The fraction of sp³-hybridized carbons (Fsp3) is 0.250. The molecule has 2 N–H and O–H groups in total. The van der Waals surface area contributed by atoms with Crippen molar-refractivity contribution in [1.29, 1.82) is 0 Å². The largest absolute Gasteiger partial charge is 0.389 e. The molecule has 0 aliphatic heterocycles. The van der Waals surface area contributed by atoms with Crippen LogP contribution in [-0.4, -0.2) is 9.97 Å². The van der Waals surface area contributed by atoms with Gasteiger partial charge < -0.3 is 5.73 Å². The average Bonchev–Trinajstić information content (AvgIpc) is 1.85. The Bertz CT molecular complexity index is 274. The molecule has 0 saturated carbocycles. The third-order valence-corrected chi connectivity index (χ3v) is 1.60. The standard InChI is InChI=1S/C8H10N2S/c1-5-3-7(8(9)11)4-6(2)10-5/h3-4H,1-2H3,(H2,9,11). The molecule has 0 radical (unpaired) electrons. The summed E-state index contributed by atoms with van der Waals surface area (Å²) in [4.78, 5) is 4.63. The second-order valence-electron chi connectivity index (χ2n) is 2.50. The molecule has 1 aromatic rings. The highest BCUT2D eigenvalue weighted by molar-refractivity contribution is 7.80. The lowest BCUT2D eigenvalue weighted by Gasteiger charge is -2.00. The van der Waals surface area contributed by atoms with E-state index in [1.807, 2.05) is 26.0 Å². The molecule has 1 aromatic heterocycles. The lowest BCUT2D eigenvalue weighted by Crippen LogP contribution is -2.10. The number of aromatic nitrogens is 1. The van der Waals surface area contributed by atoms with Gasteiger partial charge in [-0.1, -0.05) is 12.2 Å². The van der Waals surface area contributed by atoms with Gasteiger partial charge in [-0.2, -0.15) is 0 Å². The van der Waals surface area contributed by atoms with Crippen molar-refractivity contribution in [2.45, 2.75) is 13.8 Å². The summed E-state index contributed by atoms with van der Waals surface area (Å²) in [5, 5.41) is 0. The summed E-state index contributed by atoms with van der Waals surface area (Å²) in [6.45, 7) is 3.85. The molecular formula is C8H10N2S. The Hall–Kier alpha value is -0.960. The number of thiocarbonyl (C=S) groups is 1. The van der Waals surface area contributed by atoms with Crippen LogP contribution in [0.5, 0.6) is 0 Å². The van der Waals surface area contributed by atoms with Crippen molar-refractivity contribution in [2.75, 3.05) is 0 Å². The molecule has 11 heavy (non-hydrogen) atoms. The van der Waals surface area contributed by atoms with Gasteiger partial charge in [0, 0.05) is 17.0 Å². The molecule has 0 saturated heterocycles. The maximum absolute atomic E-state index is 5.46. The Balaban J connectivity index is 3.19. The monoisotopic (exact) mass is 166 g/mol. The molecular weight excluding hydrogens is 156 g/mol. The van der Waals surface area contributed by atoms with E-state index in [1.54, 1.807) is 0 Å². The van der Waals surface area contributed by atoms with Gasteiger partial charge in [0.15, 0.2) is 0 Å². The first-order valence-electron chi connectivity index (χ1n) is 3.34. The zero-order valence-electron chi connectivity index (χ0n) is 6.59. The second kappa shape index (κ2) is 2.96. The number of hydrogen-bond acceptors (Lipinski definition) is 2. The summed E-state index contributed by atoms with van der Waals surface area (Å²) >= 11 is 4.83. The smallest absolute Gasteiger partial charge is 0.104 e. The van der Waals surface area contributed by atoms with Crippen molar-refractivity contribution >= 4 is 17.2 Å². The zero-order chi connectivity index (χ0) is 8.43. The Morgan fingerprint density at radius 2 is 1.82 bits per heavy atom. The second-order valence-corrected chi connectivity index (χ2v) is 2.94. The number of rotatable bonds is 1. The maximum Gasteiger partial charge on any atom is 0.104 e. The maximum atomic E-state index is 5.46. The Labute approximate surface area is 71.4 Å². The van der Waals surface area contributed by atoms with E-state index in [1.165, 1.54) is 0 Å². The summed E-state index contributed by atoms with van der Waals surface area (Å²) in [6, 6.07) is 3.77. The minimum Gasteiger partial charge on any atom is -0.389 e. The fourth-order valence-corrected chi connectivity index (χ4v) is 1.09. The number of hydrogen-bond donors (Lipinski definition) is 1. The van der Waals surface area contributed by atoms with E-state index in [4.69, 9.17) is 18.0 Å². The quantitative estimate of drug-likeness (QED) is 0.640. The van der Waals surface area contributed by atoms with Crippen LogP contribution in [-0.2, 0) is 0 Å². The normalized spacial score (nSPS) is 9.64. The van der Waals surface area contributed by atoms with E-state index in [2.05, 4.69) is 4.98 Å². The van der Waals surface area contributed by atoms with Crippen LogP contribution in [0.15, 0.2) is 12.1 Å². The minimum atomic E-state index is 0.429. The number of nitrogens with two attached hydrogens (primary N) is 1. The third kappa shape index (κ3) is 1.98. The molecule has 0 spiro atoms. The summed E-state index contributed by atoms with van der Waals surface area (Å²) in [6.07, 6.45) is 0. The van der Waals surface area contributed by atoms with Crippen LogP contribution >= 0.6 is 12.2 Å². The van der Waals surface area contributed by atoms with Gasteiger partial charge in [0.05, 0.1) is 0 Å². The highest BCUT2D eigenvalue weighted by Crippen LogP contribution is 2.03. The zero-order valence-corrected chi connectivity index (χ0v) is 7.40. The molecule has 0 aliphatic rings. The molecule has 0 fully saturated rings. The van der Waals surface area contributed by atoms with E-state index in [-0.39, 0.29) is 0 Å². The van der Waals surface area contributed by atoms with Crippen LogP contribution in [0.25, 0.3) is 0 Å². The van der Waals surface area contributed by atoms with Crippen molar-refractivity contribution < 1.29 is 0 Å². The molecule has 1 heterocycles. The van der Waals surface area contributed by atoms with Gasteiger partial charge in [0.25, 0.3) is 0 Å². The molecule has 0 unspecified atom stereocenters. The van der Waals surface area contributed by atoms with Gasteiger partial charge in [-0.15, -0.1) is 0 Å².